The maximum absolute atomic E-state index is 2.30. The smallest absolute Gasteiger partial charge is 0.00500 e. The van der Waals surface area contributed by atoms with Gasteiger partial charge in [0.05, 0.1) is 0 Å². The van der Waals surface area contributed by atoms with Crippen molar-refractivity contribution in [2.75, 3.05) is 0 Å². The number of hydrogen-bond acceptors (Lipinski definition) is 1. The molecule has 0 nitrogen and oxygen atoms in total. The Morgan fingerprint density at radius 3 is 2.45 bits per heavy atom. The maximum Gasteiger partial charge on any atom is 0.00500 e. The van der Waals surface area contributed by atoms with Crippen LogP contribution in [0.25, 0.3) is 0 Å². The van der Waals surface area contributed by atoms with Gasteiger partial charge in [-0.2, -0.15) is 11.8 Å². The fourth-order valence-electron chi connectivity index (χ4n) is 1.58. The molecule has 1 heteroatoms. The van der Waals surface area contributed by atoms with E-state index in [9.17, 15) is 0 Å². The van der Waals surface area contributed by atoms with Crippen molar-refractivity contribution in [2.45, 2.75) is 56.5 Å². The summed E-state index contributed by atoms with van der Waals surface area (Å²) in [5.41, 5.74) is 0. The van der Waals surface area contributed by atoms with Crippen LogP contribution in [-0.2, 0) is 0 Å². The molecule has 0 aliphatic heterocycles. The average Bonchev–Trinajstić information content (AvgIpc) is 2.06. The molecule has 11 heavy (non-hydrogen) atoms. The second-order valence-electron chi connectivity index (χ2n) is 3.43. The lowest BCUT2D eigenvalue weighted by Gasteiger charge is -2.23. The molecule has 0 saturated heterocycles. The molecule has 0 aromatic rings. The molecule has 0 amide bonds. The van der Waals surface area contributed by atoms with Crippen LogP contribution in [0.4, 0.5) is 0 Å². The normalized spacial score (nSPS) is 23.5. The van der Waals surface area contributed by atoms with Crippen molar-refractivity contribution in [1.29, 1.82) is 0 Å². The Hall–Kier alpha value is 0.350. The summed E-state index contributed by atoms with van der Waals surface area (Å²) in [5.74, 6) is 0. The maximum atomic E-state index is 2.30. The lowest BCUT2D eigenvalue weighted by Crippen LogP contribution is -2.11. The standard InChI is InChI=1S/C10H19S/c1-3-9(2)11-10-7-5-4-6-8-10/h3,9-10H,4-8H2,1-2H3. The third kappa shape index (κ3) is 3.50. The SMILES string of the molecule is C[CH]C(C)SC1CCCCC1. The minimum absolute atomic E-state index is 0.762. The van der Waals surface area contributed by atoms with Crippen molar-refractivity contribution in [3.8, 4) is 0 Å². The highest BCUT2D eigenvalue weighted by atomic mass is 32.2. The van der Waals surface area contributed by atoms with Crippen molar-refractivity contribution in [3.63, 3.8) is 0 Å². The van der Waals surface area contributed by atoms with Gasteiger partial charge in [-0.1, -0.05) is 33.1 Å². The fraction of sp³-hybridized carbons (Fsp3) is 0.900. The lowest BCUT2D eigenvalue weighted by molar-refractivity contribution is 0.515. The van der Waals surface area contributed by atoms with E-state index in [1.54, 1.807) is 0 Å². The van der Waals surface area contributed by atoms with Crippen LogP contribution in [0.3, 0.4) is 0 Å². The van der Waals surface area contributed by atoms with Crippen LogP contribution >= 0.6 is 11.8 Å². The predicted molar refractivity (Wildman–Crippen MR) is 53.9 cm³/mol. The molecule has 65 valence electrons. The van der Waals surface area contributed by atoms with Crippen LogP contribution in [0.5, 0.6) is 0 Å². The quantitative estimate of drug-likeness (QED) is 0.624. The first-order chi connectivity index (χ1) is 5.33. The molecule has 1 unspecified atom stereocenters. The molecule has 1 fully saturated rings. The molecule has 1 saturated carbocycles. The number of rotatable bonds is 3. The number of thioether (sulfide) groups is 1. The van der Waals surface area contributed by atoms with Crippen molar-refractivity contribution >= 4 is 11.8 Å². The van der Waals surface area contributed by atoms with Gasteiger partial charge in [-0.15, -0.1) is 0 Å². The van der Waals surface area contributed by atoms with E-state index in [0.717, 1.165) is 10.5 Å². The summed E-state index contributed by atoms with van der Waals surface area (Å²) in [5, 5.41) is 1.73. The topological polar surface area (TPSA) is 0 Å². The van der Waals surface area contributed by atoms with E-state index in [-0.39, 0.29) is 0 Å². The highest BCUT2D eigenvalue weighted by Gasteiger charge is 2.15. The molecule has 0 spiro atoms. The Bertz CT molecular complexity index is 95.0. The molecule has 0 aromatic heterocycles. The van der Waals surface area contributed by atoms with Gasteiger partial charge >= 0.3 is 0 Å². The molecule has 1 radical (unpaired) electrons. The van der Waals surface area contributed by atoms with Gasteiger partial charge in [0.2, 0.25) is 0 Å². The molecule has 1 aliphatic carbocycles. The molecule has 1 aliphatic rings. The summed E-state index contributed by atoms with van der Waals surface area (Å²) in [6.07, 6.45) is 9.63. The van der Waals surface area contributed by atoms with Gasteiger partial charge in [-0.25, -0.2) is 0 Å². The minimum atomic E-state index is 0.762. The monoisotopic (exact) mass is 171 g/mol. The molecule has 0 heterocycles. The largest absolute Gasteiger partial charge is 0.155 e. The van der Waals surface area contributed by atoms with Crippen molar-refractivity contribution in [1.82, 2.24) is 0 Å². The Kier molecular flexibility index (Phi) is 4.36. The van der Waals surface area contributed by atoms with E-state index in [1.165, 1.54) is 32.1 Å². The average molecular weight is 171 g/mol. The summed E-state index contributed by atoms with van der Waals surface area (Å²) in [6, 6.07) is 0. The zero-order valence-corrected chi connectivity index (χ0v) is 8.49. The van der Waals surface area contributed by atoms with Crippen LogP contribution in [0.15, 0.2) is 0 Å². The molecular weight excluding hydrogens is 152 g/mol. The van der Waals surface area contributed by atoms with E-state index in [4.69, 9.17) is 0 Å². The zero-order chi connectivity index (χ0) is 8.10. The predicted octanol–water partition coefficient (Wildman–Crippen LogP) is 3.66. The highest BCUT2D eigenvalue weighted by Crippen LogP contribution is 2.31. The molecule has 1 rings (SSSR count). The van der Waals surface area contributed by atoms with E-state index >= 15 is 0 Å². The minimum Gasteiger partial charge on any atom is -0.155 e. The number of hydrogen-bond donors (Lipinski definition) is 0. The first-order valence-electron chi connectivity index (χ1n) is 4.78. The summed E-state index contributed by atoms with van der Waals surface area (Å²) < 4.78 is 0. The first-order valence-corrected chi connectivity index (χ1v) is 5.72. The molecule has 0 N–H and O–H groups in total. The second-order valence-corrected chi connectivity index (χ2v) is 5.12. The van der Waals surface area contributed by atoms with E-state index < -0.39 is 0 Å². The molecule has 1 atom stereocenters. The zero-order valence-electron chi connectivity index (χ0n) is 7.68. The molecule has 0 aromatic carbocycles. The van der Waals surface area contributed by atoms with Gasteiger partial charge in [0, 0.05) is 10.5 Å². The fourth-order valence-corrected chi connectivity index (χ4v) is 2.95. The summed E-state index contributed by atoms with van der Waals surface area (Å²) in [7, 11) is 0. The Morgan fingerprint density at radius 2 is 1.91 bits per heavy atom. The molecular formula is C10H19S. The van der Waals surface area contributed by atoms with Gasteiger partial charge < -0.3 is 0 Å². The first kappa shape index (κ1) is 9.44. The van der Waals surface area contributed by atoms with Crippen molar-refractivity contribution < 1.29 is 0 Å². The van der Waals surface area contributed by atoms with Crippen LogP contribution in [0.2, 0.25) is 0 Å². The third-order valence-electron chi connectivity index (χ3n) is 2.43. The Morgan fingerprint density at radius 1 is 1.27 bits per heavy atom. The van der Waals surface area contributed by atoms with E-state index in [1.807, 2.05) is 0 Å². The lowest BCUT2D eigenvalue weighted by atomic mass is 10.0. The summed E-state index contributed by atoms with van der Waals surface area (Å²) in [6.45, 7) is 4.47. The van der Waals surface area contributed by atoms with Gasteiger partial charge in [-0.05, 0) is 19.3 Å². The van der Waals surface area contributed by atoms with Gasteiger partial charge in [-0.3, -0.25) is 0 Å². The van der Waals surface area contributed by atoms with Crippen LogP contribution in [-0.4, -0.2) is 10.5 Å². The van der Waals surface area contributed by atoms with Gasteiger partial charge in [0.25, 0.3) is 0 Å². The van der Waals surface area contributed by atoms with Crippen LogP contribution in [0, 0.1) is 6.42 Å². The van der Waals surface area contributed by atoms with Gasteiger partial charge in [0.15, 0.2) is 0 Å². The third-order valence-corrected chi connectivity index (χ3v) is 3.99. The Balaban J connectivity index is 2.13. The molecule has 0 bridgehead atoms. The van der Waals surface area contributed by atoms with E-state index in [2.05, 4.69) is 32.0 Å². The van der Waals surface area contributed by atoms with Crippen LogP contribution < -0.4 is 0 Å². The van der Waals surface area contributed by atoms with Crippen molar-refractivity contribution in [3.05, 3.63) is 6.42 Å². The van der Waals surface area contributed by atoms with Crippen LogP contribution in [0.1, 0.15) is 46.0 Å². The van der Waals surface area contributed by atoms with Crippen molar-refractivity contribution in [2.24, 2.45) is 0 Å². The highest BCUT2D eigenvalue weighted by molar-refractivity contribution is 8.00. The van der Waals surface area contributed by atoms with Gasteiger partial charge in [0.1, 0.15) is 0 Å². The van der Waals surface area contributed by atoms with E-state index in [0.29, 0.717) is 0 Å². The second kappa shape index (κ2) is 5.08. The summed E-state index contributed by atoms with van der Waals surface area (Å²) >= 11 is 2.16. The Labute approximate surface area is 75.1 Å². The summed E-state index contributed by atoms with van der Waals surface area (Å²) in [4.78, 5) is 0.